The predicted octanol–water partition coefficient (Wildman–Crippen LogP) is 0.686. The Balaban J connectivity index is 2.42. The first-order valence-corrected chi connectivity index (χ1v) is 6.90. The Morgan fingerprint density at radius 1 is 1.32 bits per heavy atom. The van der Waals surface area contributed by atoms with Gasteiger partial charge in [-0.3, -0.25) is 19.2 Å². The number of H-pyrrole nitrogens is 1. The van der Waals surface area contributed by atoms with Crippen LogP contribution in [-0.2, 0) is 6.54 Å². The van der Waals surface area contributed by atoms with E-state index in [2.05, 4.69) is 9.88 Å². The van der Waals surface area contributed by atoms with E-state index in [-0.39, 0.29) is 11.6 Å². The molecule has 1 fully saturated rings. The number of rotatable bonds is 4. The van der Waals surface area contributed by atoms with Gasteiger partial charge in [-0.15, -0.1) is 0 Å². The minimum absolute atomic E-state index is 0.0123. The molecule has 3 N–H and O–H groups in total. The highest BCUT2D eigenvalue weighted by molar-refractivity contribution is 5.38. The maximum atomic E-state index is 11.9. The second-order valence-electron chi connectivity index (χ2n) is 5.23. The highest BCUT2D eigenvalue weighted by Gasteiger charge is 2.19. The van der Waals surface area contributed by atoms with Crippen LogP contribution in [0.2, 0.25) is 0 Å². The lowest BCUT2D eigenvalue weighted by Crippen LogP contribution is -2.37. The van der Waals surface area contributed by atoms with Crippen LogP contribution in [0, 0.1) is 0 Å². The van der Waals surface area contributed by atoms with Crippen LogP contribution in [0.5, 0.6) is 0 Å². The molecule has 106 valence electrons. The van der Waals surface area contributed by atoms with Crippen molar-refractivity contribution in [1.29, 1.82) is 0 Å². The molecular weight excluding hydrogens is 244 g/mol. The highest BCUT2D eigenvalue weighted by Crippen LogP contribution is 2.17. The molecule has 1 aliphatic heterocycles. The van der Waals surface area contributed by atoms with Crippen molar-refractivity contribution in [3.63, 3.8) is 0 Å². The Morgan fingerprint density at radius 2 is 1.95 bits per heavy atom. The average molecular weight is 266 g/mol. The maximum Gasteiger partial charge on any atom is 0.330 e. The van der Waals surface area contributed by atoms with Crippen LogP contribution in [-0.4, -0.2) is 27.5 Å². The molecule has 0 aliphatic carbocycles. The second kappa shape index (κ2) is 5.61. The van der Waals surface area contributed by atoms with E-state index in [4.69, 9.17) is 5.73 Å². The second-order valence-corrected chi connectivity index (χ2v) is 5.23. The average Bonchev–Trinajstić information content (AvgIpc) is 2.86. The molecule has 0 saturated carbocycles. The highest BCUT2D eigenvalue weighted by atomic mass is 16.2. The number of hydrogen-bond donors (Lipinski definition) is 2. The summed E-state index contributed by atoms with van der Waals surface area (Å²) in [5.41, 5.74) is 5.80. The molecule has 0 amide bonds. The van der Waals surface area contributed by atoms with Gasteiger partial charge in [0.25, 0.3) is 5.56 Å². The monoisotopic (exact) mass is 266 g/mol. The van der Waals surface area contributed by atoms with Gasteiger partial charge in [0, 0.05) is 12.6 Å². The Labute approximate surface area is 112 Å². The molecule has 0 aromatic carbocycles. The smallest absolute Gasteiger partial charge is 0.330 e. The molecule has 6 nitrogen and oxygen atoms in total. The maximum absolute atomic E-state index is 11.9. The number of likely N-dealkylation sites (tertiary alicyclic amines) is 1. The number of nitrogens with zero attached hydrogens (tertiary/aromatic N) is 2. The van der Waals surface area contributed by atoms with Gasteiger partial charge in [0.05, 0.1) is 5.56 Å². The summed E-state index contributed by atoms with van der Waals surface area (Å²) in [6.45, 7) is 6.41. The first-order valence-electron chi connectivity index (χ1n) is 6.90. The zero-order valence-corrected chi connectivity index (χ0v) is 11.6. The molecule has 2 rings (SSSR count). The number of nitrogens with two attached hydrogens (primary N) is 1. The van der Waals surface area contributed by atoms with Crippen LogP contribution >= 0.6 is 0 Å². The van der Waals surface area contributed by atoms with E-state index in [0.717, 1.165) is 32.4 Å². The normalized spacial score (nSPS) is 17.8. The molecule has 1 aromatic rings. The molecule has 19 heavy (non-hydrogen) atoms. The molecule has 1 atom stereocenters. The summed E-state index contributed by atoms with van der Waals surface area (Å²) >= 11 is 0. The lowest BCUT2D eigenvalue weighted by Gasteiger charge is -2.20. The standard InChI is InChI=1S/C13H22N4O2/c1-3-9(2)17-11(14)10(12(18)15-13(17)19)8-16-6-4-5-7-16/h9H,3-8,14H2,1-2H3,(H,15,18,19). The van der Waals surface area contributed by atoms with Crippen LogP contribution in [0.4, 0.5) is 5.82 Å². The number of aromatic amines is 1. The molecule has 0 radical (unpaired) electrons. The minimum Gasteiger partial charge on any atom is -0.385 e. The number of aromatic nitrogens is 2. The van der Waals surface area contributed by atoms with Crippen LogP contribution < -0.4 is 17.0 Å². The molecule has 6 heteroatoms. The van der Waals surface area contributed by atoms with E-state index in [1.165, 1.54) is 4.57 Å². The summed E-state index contributed by atoms with van der Waals surface area (Å²) in [5, 5.41) is 0. The van der Waals surface area contributed by atoms with E-state index >= 15 is 0 Å². The van der Waals surface area contributed by atoms with E-state index in [1.807, 2.05) is 13.8 Å². The van der Waals surface area contributed by atoms with Gasteiger partial charge in [0.2, 0.25) is 0 Å². The molecule has 2 heterocycles. The topological polar surface area (TPSA) is 84.1 Å². The zero-order valence-electron chi connectivity index (χ0n) is 11.6. The number of nitrogen functional groups attached to an aromatic ring is 1. The molecule has 1 aliphatic rings. The molecule has 1 saturated heterocycles. The molecular formula is C13H22N4O2. The van der Waals surface area contributed by atoms with Crippen LogP contribution in [0.15, 0.2) is 9.59 Å². The van der Waals surface area contributed by atoms with Gasteiger partial charge in [-0.25, -0.2) is 4.79 Å². The fourth-order valence-electron chi connectivity index (χ4n) is 2.54. The molecule has 0 spiro atoms. The van der Waals surface area contributed by atoms with Crippen LogP contribution in [0.25, 0.3) is 0 Å². The summed E-state index contributed by atoms with van der Waals surface area (Å²) in [6.07, 6.45) is 3.10. The summed E-state index contributed by atoms with van der Waals surface area (Å²) in [7, 11) is 0. The Kier molecular flexibility index (Phi) is 4.09. The quantitative estimate of drug-likeness (QED) is 0.839. The minimum atomic E-state index is -0.415. The lowest BCUT2D eigenvalue weighted by atomic mass is 10.2. The van der Waals surface area contributed by atoms with E-state index in [0.29, 0.717) is 17.9 Å². The molecule has 0 bridgehead atoms. The van der Waals surface area contributed by atoms with E-state index < -0.39 is 5.69 Å². The van der Waals surface area contributed by atoms with Gasteiger partial charge in [0.1, 0.15) is 5.82 Å². The third-order valence-corrected chi connectivity index (χ3v) is 3.89. The number of anilines is 1. The van der Waals surface area contributed by atoms with Gasteiger partial charge in [-0.1, -0.05) is 6.92 Å². The largest absolute Gasteiger partial charge is 0.385 e. The predicted molar refractivity (Wildman–Crippen MR) is 75.2 cm³/mol. The van der Waals surface area contributed by atoms with Crippen molar-refractivity contribution in [2.24, 2.45) is 0 Å². The SMILES string of the molecule is CCC(C)n1c(N)c(CN2CCCC2)c(=O)[nH]c1=O. The number of hydrogen-bond acceptors (Lipinski definition) is 4. The van der Waals surface area contributed by atoms with Crippen molar-refractivity contribution >= 4 is 5.82 Å². The van der Waals surface area contributed by atoms with Gasteiger partial charge < -0.3 is 5.73 Å². The summed E-state index contributed by atoms with van der Waals surface area (Å²) < 4.78 is 1.49. The van der Waals surface area contributed by atoms with E-state index in [9.17, 15) is 9.59 Å². The Hall–Kier alpha value is -1.56. The van der Waals surface area contributed by atoms with Gasteiger partial charge >= 0.3 is 5.69 Å². The number of nitrogens with one attached hydrogen (secondary N) is 1. The van der Waals surface area contributed by atoms with Crippen molar-refractivity contribution in [2.75, 3.05) is 18.8 Å². The van der Waals surface area contributed by atoms with Gasteiger partial charge in [0.15, 0.2) is 0 Å². The Bertz CT molecular complexity index is 555. The Morgan fingerprint density at radius 3 is 2.53 bits per heavy atom. The van der Waals surface area contributed by atoms with Crippen molar-refractivity contribution in [1.82, 2.24) is 14.5 Å². The third-order valence-electron chi connectivity index (χ3n) is 3.89. The summed E-state index contributed by atoms with van der Waals surface area (Å²) in [6, 6.07) is -0.0123. The van der Waals surface area contributed by atoms with Gasteiger partial charge in [-0.05, 0) is 39.3 Å². The van der Waals surface area contributed by atoms with E-state index in [1.54, 1.807) is 0 Å². The van der Waals surface area contributed by atoms with Crippen molar-refractivity contribution in [3.05, 3.63) is 26.4 Å². The van der Waals surface area contributed by atoms with Gasteiger partial charge in [-0.2, -0.15) is 0 Å². The van der Waals surface area contributed by atoms with Crippen molar-refractivity contribution in [3.8, 4) is 0 Å². The summed E-state index contributed by atoms with van der Waals surface area (Å²) in [4.78, 5) is 28.4. The van der Waals surface area contributed by atoms with Crippen LogP contribution in [0.1, 0.15) is 44.7 Å². The molecule has 1 aromatic heterocycles. The van der Waals surface area contributed by atoms with Crippen LogP contribution in [0.3, 0.4) is 0 Å². The first kappa shape index (κ1) is 13.9. The van der Waals surface area contributed by atoms with Crippen molar-refractivity contribution in [2.45, 2.75) is 45.7 Å². The van der Waals surface area contributed by atoms with Crippen molar-refractivity contribution < 1.29 is 0 Å². The first-order chi connectivity index (χ1) is 9.04. The fraction of sp³-hybridized carbons (Fsp3) is 0.692. The third kappa shape index (κ3) is 2.73. The lowest BCUT2D eigenvalue weighted by molar-refractivity contribution is 0.328. The fourth-order valence-corrected chi connectivity index (χ4v) is 2.54. The zero-order chi connectivity index (χ0) is 14.0. The molecule has 1 unspecified atom stereocenters. The summed E-state index contributed by atoms with van der Waals surface area (Å²) in [5.74, 6) is 0.315.